The summed E-state index contributed by atoms with van der Waals surface area (Å²) in [6, 6.07) is 14.3. The lowest BCUT2D eigenvalue weighted by atomic mass is 9.91. The summed E-state index contributed by atoms with van der Waals surface area (Å²) in [6.45, 7) is 0. The normalized spacial score (nSPS) is 14.4. The van der Waals surface area contributed by atoms with Gasteiger partial charge in [0.15, 0.2) is 9.46 Å². The molecule has 2 N–H and O–H groups in total. The lowest BCUT2D eigenvalue weighted by Crippen LogP contribution is -2.48. The van der Waals surface area contributed by atoms with E-state index in [1.54, 1.807) is 12.1 Å². The van der Waals surface area contributed by atoms with E-state index in [0.717, 1.165) is 0 Å². The fourth-order valence-corrected chi connectivity index (χ4v) is 5.54. The first-order valence-corrected chi connectivity index (χ1v) is 9.68. The molecule has 1 unspecified atom stereocenters. The average Bonchev–Trinajstić information content (AvgIpc) is 2.48. The minimum Gasteiger partial charge on any atom is -0.285 e. The Hall–Kier alpha value is -1.45. The van der Waals surface area contributed by atoms with Crippen molar-refractivity contribution < 1.29 is 25.9 Å². The third-order valence-electron chi connectivity index (χ3n) is 3.39. The standard InChI is InChI=1S/C14H13ClO6S2/c15-13(22(16,17)18)14(23(19,20)21,11-7-3-1-4-8-11)12-9-5-2-6-10-12/h1-10,13H,(H,16,17,18)(H,19,20,21). The SMILES string of the molecule is O=S(=O)(O)C(Cl)C(c1ccccc1)(c1ccccc1)S(=O)(=O)O. The molecule has 2 rings (SSSR count). The predicted octanol–water partition coefficient (Wildman–Crippen LogP) is 2.27. The van der Waals surface area contributed by atoms with Gasteiger partial charge in [0.05, 0.1) is 0 Å². The number of hydrogen-bond acceptors (Lipinski definition) is 4. The molecule has 0 aliphatic carbocycles. The van der Waals surface area contributed by atoms with Crippen molar-refractivity contribution in [3.05, 3.63) is 71.8 Å². The highest BCUT2D eigenvalue weighted by molar-refractivity contribution is 7.91. The quantitative estimate of drug-likeness (QED) is 0.612. The maximum Gasteiger partial charge on any atom is 0.284 e. The highest BCUT2D eigenvalue weighted by atomic mass is 35.5. The van der Waals surface area contributed by atoms with Crippen molar-refractivity contribution in [2.45, 2.75) is 9.46 Å². The second kappa shape index (κ2) is 6.21. The Bertz CT molecular complexity index is 840. The van der Waals surface area contributed by atoms with E-state index >= 15 is 0 Å². The van der Waals surface area contributed by atoms with Crippen molar-refractivity contribution in [1.29, 1.82) is 0 Å². The second-order valence-electron chi connectivity index (χ2n) is 4.77. The van der Waals surface area contributed by atoms with Gasteiger partial charge in [-0.2, -0.15) is 16.8 Å². The summed E-state index contributed by atoms with van der Waals surface area (Å²) in [6.07, 6.45) is 0. The zero-order chi connectivity index (χ0) is 17.3. The fourth-order valence-electron chi connectivity index (χ4n) is 2.42. The molecule has 1 atom stereocenters. The summed E-state index contributed by atoms with van der Waals surface area (Å²) in [4.78, 5) is 0. The molecule has 0 amide bonds. The number of alkyl halides is 1. The van der Waals surface area contributed by atoms with Crippen LogP contribution in [-0.2, 0) is 25.0 Å². The van der Waals surface area contributed by atoms with Crippen LogP contribution in [0.15, 0.2) is 60.7 Å². The first-order valence-electron chi connectivity index (χ1n) is 6.30. The number of hydrogen-bond donors (Lipinski definition) is 2. The Balaban J connectivity index is 2.99. The Kier molecular flexibility index (Phi) is 4.84. The number of halogens is 1. The van der Waals surface area contributed by atoms with E-state index in [1.807, 2.05) is 0 Å². The maximum atomic E-state index is 12.2. The zero-order valence-corrected chi connectivity index (χ0v) is 14.0. The Morgan fingerprint density at radius 1 is 0.783 bits per heavy atom. The molecule has 9 heteroatoms. The molecule has 124 valence electrons. The van der Waals surface area contributed by atoms with Crippen LogP contribution in [0.4, 0.5) is 0 Å². The van der Waals surface area contributed by atoms with Gasteiger partial charge in [0.2, 0.25) is 0 Å². The van der Waals surface area contributed by atoms with E-state index in [2.05, 4.69) is 0 Å². The number of benzene rings is 2. The molecule has 0 aliphatic heterocycles. The lowest BCUT2D eigenvalue weighted by molar-refractivity contribution is 0.432. The first-order chi connectivity index (χ1) is 10.6. The van der Waals surface area contributed by atoms with Crippen molar-refractivity contribution in [3.8, 4) is 0 Å². The average molecular weight is 377 g/mol. The summed E-state index contributed by atoms with van der Waals surface area (Å²) in [5, 5.41) is 0. The minimum absolute atomic E-state index is 0.0914. The summed E-state index contributed by atoms with van der Waals surface area (Å²) in [5.74, 6) is 0. The van der Waals surface area contributed by atoms with Crippen LogP contribution in [0, 0.1) is 0 Å². The molecule has 0 bridgehead atoms. The summed E-state index contributed by atoms with van der Waals surface area (Å²) in [7, 11) is -10.1. The van der Waals surface area contributed by atoms with Crippen molar-refractivity contribution in [3.63, 3.8) is 0 Å². The van der Waals surface area contributed by atoms with Crippen molar-refractivity contribution >= 4 is 31.8 Å². The van der Waals surface area contributed by atoms with Gasteiger partial charge in [0.1, 0.15) is 0 Å². The lowest BCUT2D eigenvalue weighted by Gasteiger charge is -2.34. The maximum absolute atomic E-state index is 12.2. The molecule has 6 nitrogen and oxygen atoms in total. The predicted molar refractivity (Wildman–Crippen MR) is 86.4 cm³/mol. The van der Waals surface area contributed by atoms with Crippen molar-refractivity contribution in [2.75, 3.05) is 0 Å². The van der Waals surface area contributed by atoms with E-state index in [-0.39, 0.29) is 11.1 Å². The molecular formula is C14H13ClO6S2. The summed E-state index contributed by atoms with van der Waals surface area (Å²) >= 11 is 5.86. The van der Waals surface area contributed by atoms with Gasteiger partial charge in [0.25, 0.3) is 20.2 Å². The molecule has 0 fully saturated rings. The van der Waals surface area contributed by atoms with Crippen LogP contribution in [0.2, 0.25) is 0 Å². The van der Waals surface area contributed by atoms with Gasteiger partial charge in [-0.15, -0.1) is 11.6 Å². The van der Waals surface area contributed by atoms with Crippen LogP contribution in [0.5, 0.6) is 0 Å². The Morgan fingerprint density at radius 2 is 1.13 bits per heavy atom. The topological polar surface area (TPSA) is 109 Å². The summed E-state index contributed by atoms with van der Waals surface area (Å²) in [5.41, 5.74) is -0.183. The van der Waals surface area contributed by atoms with Gasteiger partial charge in [-0.1, -0.05) is 60.7 Å². The van der Waals surface area contributed by atoms with E-state index in [1.165, 1.54) is 48.5 Å². The Morgan fingerprint density at radius 3 is 1.39 bits per heavy atom. The second-order valence-corrected chi connectivity index (χ2v) is 8.56. The molecule has 23 heavy (non-hydrogen) atoms. The van der Waals surface area contributed by atoms with Gasteiger partial charge < -0.3 is 0 Å². The Labute approximate surface area is 139 Å². The largest absolute Gasteiger partial charge is 0.285 e. The third-order valence-corrected chi connectivity index (χ3v) is 7.07. The smallest absolute Gasteiger partial charge is 0.284 e. The molecule has 0 spiro atoms. The van der Waals surface area contributed by atoms with Crippen LogP contribution < -0.4 is 0 Å². The molecule has 0 saturated carbocycles. The van der Waals surface area contributed by atoms with Crippen molar-refractivity contribution in [2.24, 2.45) is 0 Å². The van der Waals surface area contributed by atoms with E-state index < -0.39 is 29.7 Å². The van der Waals surface area contributed by atoms with Crippen LogP contribution in [0.3, 0.4) is 0 Å². The molecule has 0 saturated heterocycles. The van der Waals surface area contributed by atoms with Gasteiger partial charge in [-0.25, -0.2) is 0 Å². The van der Waals surface area contributed by atoms with Gasteiger partial charge >= 0.3 is 0 Å². The number of rotatable bonds is 5. The highest BCUT2D eigenvalue weighted by Gasteiger charge is 2.57. The monoisotopic (exact) mass is 376 g/mol. The van der Waals surface area contributed by atoms with Gasteiger partial charge in [0, 0.05) is 0 Å². The van der Waals surface area contributed by atoms with E-state index in [4.69, 9.17) is 11.6 Å². The van der Waals surface area contributed by atoms with E-state index in [9.17, 15) is 25.9 Å². The van der Waals surface area contributed by atoms with Gasteiger partial charge in [-0.05, 0) is 11.1 Å². The van der Waals surface area contributed by atoms with Gasteiger partial charge in [-0.3, -0.25) is 9.11 Å². The summed E-state index contributed by atoms with van der Waals surface area (Å²) < 4.78 is 62.0. The van der Waals surface area contributed by atoms with E-state index in [0.29, 0.717) is 0 Å². The third kappa shape index (κ3) is 3.13. The fraction of sp³-hybridized carbons (Fsp3) is 0.143. The first kappa shape index (κ1) is 17.9. The molecule has 0 radical (unpaired) electrons. The molecular weight excluding hydrogens is 364 g/mol. The molecule has 0 heterocycles. The van der Waals surface area contributed by atoms with Crippen LogP contribution in [0.25, 0.3) is 0 Å². The van der Waals surface area contributed by atoms with Crippen LogP contribution in [-0.4, -0.2) is 30.7 Å². The molecule has 0 aliphatic rings. The van der Waals surface area contributed by atoms with Crippen LogP contribution >= 0.6 is 11.6 Å². The zero-order valence-electron chi connectivity index (χ0n) is 11.6. The highest BCUT2D eigenvalue weighted by Crippen LogP contribution is 2.44. The van der Waals surface area contributed by atoms with Crippen LogP contribution in [0.1, 0.15) is 11.1 Å². The molecule has 2 aromatic carbocycles. The molecule has 0 aromatic heterocycles. The minimum atomic E-state index is -5.09. The van der Waals surface area contributed by atoms with Crippen molar-refractivity contribution in [1.82, 2.24) is 0 Å². The molecule has 2 aromatic rings.